The number of benzene rings is 1. The number of piperidine rings is 1. The van der Waals surface area contributed by atoms with Crippen molar-refractivity contribution in [2.45, 2.75) is 57.2 Å². The first-order valence-corrected chi connectivity index (χ1v) is 13.5. The van der Waals surface area contributed by atoms with E-state index < -0.39 is 0 Å². The maximum Gasteiger partial charge on any atom is 0.249 e. The van der Waals surface area contributed by atoms with Crippen LogP contribution in [0.2, 0.25) is 0 Å². The normalized spacial score (nSPS) is 26.6. The maximum atomic E-state index is 13.1. The van der Waals surface area contributed by atoms with Gasteiger partial charge in [0, 0.05) is 43.5 Å². The van der Waals surface area contributed by atoms with E-state index in [2.05, 4.69) is 39.3 Å². The third-order valence-corrected chi connectivity index (χ3v) is 8.64. The highest BCUT2D eigenvalue weighted by molar-refractivity contribution is 6.04. The van der Waals surface area contributed by atoms with Gasteiger partial charge in [0.2, 0.25) is 11.9 Å². The number of hydrogen-bond acceptors (Lipinski definition) is 8. The smallest absolute Gasteiger partial charge is 0.249 e. The lowest BCUT2D eigenvalue weighted by Crippen LogP contribution is -2.55. The second-order valence-electron chi connectivity index (χ2n) is 10.7. The van der Waals surface area contributed by atoms with Crippen LogP contribution in [0.1, 0.15) is 44.6 Å². The molecule has 1 saturated heterocycles. The number of nitrogens with zero attached hydrogens (tertiary/aromatic N) is 4. The number of anilines is 4. The van der Waals surface area contributed by atoms with E-state index >= 15 is 0 Å². The van der Waals surface area contributed by atoms with Crippen molar-refractivity contribution in [1.82, 2.24) is 20.6 Å². The maximum absolute atomic E-state index is 13.1. The molecular weight excluding hydrogens is 466 g/mol. The Balaban J connectivity index is 1.25. The molecule has 1 amide bonds. The third-order valence-electron chi connectivity index (χ3n) is 8.64. The first-order valence-electron chi connectivity index (χ1n) is 13.5. The number of hydrogen-bond donors (Lipinski definition) is 3. The van der Waals surface area contributed by atoms with Crippen LogP contribution in [0, 0.1) is 11.8 Å². The zero-order valence-corrected chi connectivity index (χ0v) is 22.0. The molecule has 9 nitrogen and oxygen atoms in total. The molecule has 0 spiro atoms. The van der Waals surface area contributed by atoms with Gasteiger partial charge in [0.25, 0.3) is 0 Å². The highest BCUT2D eigenvalue weighted by Gasteiger charge is 2.53. The summed E-state index contributed by atoms with van der Waals surface area (Å²) in [6.45, 7) is 8.52. The predicted octanol–water partition coefficient (Wildman–Crippen LogP) is 3.51. The minimum Gasteiger partial charge on any atom is -0.495 e. The van der Waals surface area contributed by atoms with Crippen molar-refractivity contribution in [1.29, 1.82) is 0 Å². The van der Waals surface area contributed by atoms with E-state index in [0.29, 0.717) is 35.6 Å². The summed E-state index contributed by atoms with van der Waals surface area (Å²) in [5, 5.41) is 10.4. The predicted molar refractivity (Wildman–Crippen MR) is 146 cm³/mol. The number of carbonyl (C=O) groups excluding carboxylic acids is 1. The molecule has 6 rings (SSSR count). The molecule has 3 fully saturated rings. The molecule has 3 heterocycles. The number of ether oxygens (including phenoxy) is 1. The summed E-state index contributed by atoms with van der Waals surface area (Å²) >= 11 is 0. The minimum atomic E-state index is -0.197. The Kier molecular flexibility index (Phi) is 6.18. The van der Waals surface area contributed by atoms with E-state index in [-0.39, 0.29) is 11.9 Å². The first-order chi connectivity index (χ1) is 18.0. The molecule has 1 aromatic heterocycles. The largest absolute Gasteiger partial charge is 0.495 e. The summed E-state index contributed by atoms with van der Waals surface area (Å²) in [4.78, 5) is 26.6. The van der Waals surface area contributed by atoms with Crippen molar-refractivity contribution in [3.8, 4) is 5.75 Å². The van der Waals surface area contributed by atoms with Crippen LogP contribution in [0.3, 0.4) is 0 Å². The van der Waals surface area contributed by atoms with Crippen LogP contribution in [-0.2, 0) is 4.79 Å². The van der Waals surface area contributed by atoms with Gasteiger partial charge < -0.3 is 30.5 Å². The molecule has 1 aromatic carbocycles. The number of rotatable bonds is 8. The monoisotopic (exact) mass is 503 g/mol. The van der Waals surface area contributed by atoms with E-state index in [0.717, 1.165) is 60.8 Å². The Morgan fingerprint density at radius 2 is 2.00 bits per heavy atom. The molecule has 0 bridgehead atoms. The zero-order chi connectivity index (χ0) is 25.7. The van der Waals surface area contributed by atoms with Crippen molar-refractivity contribution >= 4 is 34.7 Å². The molecule has 4 aliphatic rings. The second kappa shape index (κ2) is 9.52. The van der Waals surface area contributed by atoms with Gasteiger partial charge in [0.15, 0.2) is 5.82 Å². The van der Waals surface area contributed by atoms with Gasteiger partial charge in [-0.15, -0.1) is 0 Å². The van der Waals surface area contributed by atoms with E-state index in [1.165, 1.54) is 12.8 Å². The average molecular weight is 504 g/mol. The van der Waals surface area contributed by atoms with Crippen LogP contribution in [0.4, 0.5) is 23.1 Å². The average Bonchev–Trinajstić information content (AvgIpc) is 3.32. The molecule has 3 unspecified atom stereocenters. The quantitative estimate of drug-likeness (QED) is 0.504. The number of nitrogens with one attached hydrogen (secondary N) is 3. The standard InChI is InChI=1S/C28H37N7O2/c1-5-22-27(36)34(3)23-15-30-28(33-26(23)35(22)18-8-6-7-9-18)32-21-11-10-17(12-24(21)37-4)16(2)31-25-19-13-29-14-20(19)25/h10-12,15,18-20,22,25,29,31H,2,5-9,13-14H2,1,3-4H3,(H,30,32,33). The first kappa shape index (κ1) is 24.0. The number of likely N-dealkylation sites (N-methyl/N-ethyl adjacent to an activating group) is 1. The Labute approximate surface area is 218 Å². The number of amides is 1. The molecule has 0 radical (unpaired) electrons. The van der Waals surface area contributed by atoms with Crippen molar-refractivity contribution in [2.75, 3.05) is 42.4 Å². The molecule has 9 heteroatoms. The van der Waals surface area contributed by atoms with Crippen LogP contribution < -0.4 is 30.5 Å². The SMILES string of the molecule is C=C(NC1C2CNCC21)c1ccc(Nc2ncc3c(n2)N(C2CCCC2)C(CC)C(=O)N3C)c(OC)c1. The summed E-state index contributed by atoms with van der Waals surface area (Å²) in [6.07, 6.45) is 7.06. The minimum absolute atomic E-state index is 0.114. The van der Waals surface area contributed by atoms with E-state index in [9.17, 15) is 4.79 Å². The number of aromatic nitrogens is 2. The van der Waals surface area contributed by atoms with Crippen molar-refractivity contribution in [2.24, 2.45) is 11.8 Å². The van der Waals surface area contributed by atoms with Gasteiger partial charge in [0.05, 0.1) is 19.0 Å². The van der Waals surface area contributed by atoms with Crippen LogP contribution in [0.15, 0.2) is 31.0 Å². The van der Waals surface area contributed by atoms with E-state index in [1.54, 1.807) is 18.2 Å². The summed E-state index contributed by atoms with van der Waals surface area (Å²) in [5.74, 6) is 3.56. The van der Waals surface area contributed by atoms with Crippen LogP contribution >= 0.6 is 0 Å². The molecule has 2 saturated carbocycles. The van der Waals surface area contributed by atoms with Gasteiger partial charge in [-0.2, -0.15) is 4.98 Å². The molecule has 3 N–H and O–H groups in total. The van der Waals surface area contributed by atoms with Gasteiger partial charge in [0.1, 0.15) is 17.5 Å². The number of methoxy groups -OCH3 is 1. The summed E-state index contributed by atoms with van der Waals surface area (Å²) in [6, 6.07) is 6.67. The van der Waals surface area contributed by atoms with Crippen molar-refractivity contribution in [3.63, 3.8) is 0 Å². The summed E-state index contributed by atoms with van der Waals surface area (Å²) < 4.78 is 5.72. The van der Waals surface area contributed by atoms with Gasteiger partial charge in [-0.3, -0.25) is 4.79 Å². The fraction of sp³-hybridized carbons (Fsp3) is 0.536. The lowest BCUT2D eigenvalue weighted by atomic mass is 10.0. The van der Waals surface area contributed by atoms with E-state index in [1.807, 2.05) is 25.2 Å². The number of carbonyl (C=O) groups is 1. The Hall–Kier alpha value is -3.33. The zero-order valence-electron chi connectivity index (χ0n) is 22.0. The lowest BCUT2D eigenvalue weighted by Gasteiger charge is -2.43. The van der Waals surface area contributed by atoms with Gasteiger partial charge in [-0.05, 0) is 43.2 Å². The topological polar surface area (TPSA) is 94.7 Å². The molecule has 3 atom stereocenters. The third kappa shape index (κ3) is 4.19. The fourth-order valence-corrected chi connectivity index (χ4v) is 6.46. The second-order valence-corrected chi connectivity index (χ2v) is 10.7. The highest BCUT2D eigenvalue weighted by atomic mass is 16.5. The van der Waals surface area contributed by atoms with E-state index in [4.69, 9.17) is 9.72 Å². The summed E-state index contributed by atoms with van der Waals surface area (Å²) in [7, 11) is 3.49. The molecule has 2 aliphatic carbocycles. The molecule has 37 heavy (non-hydrogen) atoms. The highest BCUT2D eigenvalue weighted by Crippen LogP contribution is 2.43. The van der Waals surface area contributed by atoms with Crippen LogP contribution in [0.5, 0.6) is 5.75 Å². The summed E-state index contributed by atoms with van der Waals surface area (Å²) in [5.41, 5.74) is 3.47. The fourth-order valence-electron chi connectivity index (χ4n) is 6.46. The van der Waals surface area contributed by atoms with Gasteiger partial charge >= 0.3 is 0 Å². The van der Waals surface area contributed by atoms with Gasteiger partial charge in [-0.25, -0.2) is 4.98 Å². The molecule has 196 valence electrons. The lowest BCUT2D eigenvalue weighted by molar-refractivity contribution is -0.120. The number of fused-ring (bicyclic) bond motifs is 2. The molecule has 2 aliphatic heterocycles. The Bertz CT molecular complexity index is 1200. The Morgan fingerprint density at radius 1 is 1.24 bits per heavy atom. The molecule has 2 aromatic rings. The van der Waals surface area contributed by atoms with Crippen molar-refractivity contribution in [3.05, 3.63) is 36.5 Å². The van der Waals surface area contributed by atoms with Gasteiger partial charge in [-0.1, -0.05) is 32.4 Å². The van der Waals surface area contributed by atoms with Crippen LogP contribution in [-0.4, -0.2) is 61.2 Å². The Morgan fingerprint density at radius 3 is 2.70 bits per heavy atom. The van der Waals surface area contributed by atoms with Crippen molar-refractivity contribution < 1.29 is 9.53 Å². The van der Waals surface area contributed by atoms with Crippen LogP contribution in [0.25, 0.3) is 5.70 Å². The molecular formula is C28H37N7O2.